The van der Waals surface area contributed by atoms with Gasteiger partial charge in [0.25, 0.3) is 0 Å². The van der Waals surface area contributed by atoms with Gasteiger partial charge in [0, 0.05) is 5.56 Å². The van der Waals surface area contributed by atoms with E-state index in [2.05, 4.69) is 31.3 Å². The fraction of sp³-hybridized carbons (Fsp3) is 0.500. The maximum Gasteiger partial charge on any atom is 0.311 e. The summed E-state index contributed by atoms with van der Waals surface area (Å²) in [4.78, 5) is 11.3. The Bertz CT molecular complexity index is 337. The second-order valence-electron chi connectivity index (χ2n) is 4.34. The van der Waals surface area contributed by atoms with Gasteiger partial charge in [-0.25, -0.2) is 0 Å². The van der Waals surface area contributed by atoms with Crippen LogP contribution in [-0.2, 0) is 9.53 Å². The van der Waals surface area contributed by atoms with E-state index in [1.807, 2.05) is 18.2 Å². The topological polar surface area (TPSA) is 42.9 Å². The number of quaternary nitrogens is 1. The lowest BCUT2D eigenvalue weighted by molar-refractivity contribution is -0.724. The SMILES string of the molecule is CC[C@H](CC(=O)OC)[NH2+]C(C)c1ccccc1. The lowest BCUT2D eigenvalue weighted by Gasteiger charge is -2.18. The highest BCUT2D eigenvalue weighted by atomic mass is 16.5. The van der Waals surface area contributed by atoms with Crippen molar-refractivity contribution in [1.82, 2.24) is 0 Å². The van der Waals surface area contributed by atoms with Gasteiger partial charge in [0.05, 0.1) is 19.6 Å². The Hall–Kier alpha value is -1.35. The molecule has 2 N–H and O–H groups in total. The number of hydrogen-bond donors (Lipinski definition) is 1. The quantitative estimate of drug-likeness (QED) is 0.763. The number of carbonyl (C=O) groups excluding carboxylic acids is 1. The maximum atomic E-state index is 11.3. The Morgan fingerprint density at radius 2 is 2.00 bits per heavy atom. The number of methoxy groups -OCH3 is 1. The van der Waals surface area contributed by atoms with E-state index in [0.29, 0.717) is 12.5 Å². The average Bonchev–Trinajstić information content (AvgIpc) is 2.38. The predicted octanol–water partition coefficient (Wildman–Crippen LogP) is 1.65. The molecular weight excluding hydrogens is 214 g/mol. The van der Waals surface area contributed by atoms with E-state index in [1.165, 1.54) is 12.7 Å². The molecule has 0 saturated heterocycles. The fourth-order valence-corrected chi connectivity index (χ4v) is 1.92. The minimum Gasteiger partial charge on any atom is -0.469 e. The molecule has 3 heteroatoms. The Morgan fingerprint density at radius 3 is 2.53 bits per heavy atom. The van der Waals surface area contributed by atoms with E-state index < -0.39 is 0 Å². The van der Waals surface area contributed by atoms with Crippen molar-refractivity contribution in [3.63, 3.8) is 0 Å². The molecule has 3 nitrogen and oxygen atoms in total. The third kappa shape index (κ3) is 4.57. The van der Waals surface area contributed by atoms with E-state index >= 15 is 0 Å². The highest BCUT2D eigenvalue weighted by Crippen LogP contribution is 2.07. The minimum atomic E-state index is -0.131. The van der Waals surface area contributed by atoms with Gasteiger partial charge in [-0.3, -0.25) is 4.79 Å². The molecule has 0 saturated carbocycles. The third-order valence-corrected chi connectivity index (χ3v) is 3.07. The molecule has 17 heavy (non-hydrogen) atoms. The van der Waals surface area contributed by atoms with Gasteiger partial charge in [-0.1, -0.05) is 37.3 Å². The molecular formula is C14H22NO2+. The highest BCUT2D eigenvalue weighted by molar-refractivity contribution is 5.69. The van der Waals surface area contributed by atoms with Crippen LogP contribution >= 0.6 is 0 Å². The first kappa shape index (κ1) is 13.7. The zero-order valence-corrected chi connectivity index (χ0v) is 10.8. The summed E-state index contributed by atoms with van der Waals surface area (Å²) in [7, 11) is 1.44. The molecule has 0 amide bonds. The number of ether oxygens (including phenoxy) is 1. The molecule has 1 aromatic carbocycles. The molecule has 1 rings (SSSR count). The fourth-order valence-electron chi connectivity index (χ4n) is 1.92. The monoisotopic (exact) mass is 236 g/mol. The van der Waals surface area contributed by atoms with Crippen molar-refractivity contribution < 1.29 is 14.8 Å². The summed E-state index contributed by atoms with van der Waals surface area (Å²) in [5.41, 5.74) is 1.29. The van der Waals surface area contributed by atoms with Crippen molar-refractivity contribution >= 4 is 5.97 Å². The predicted molar refractivity (Wildman–Crippen MR) is 67.5 cm³/mol. The Balaban J connectivity index is 2.53. The van der Waals surface area contributed by atoms with Gasteiger partial charge in [0.1, 0.15) is 6.04 Å². The second-order valence-corrected chi connectivity index (χ2v) is 4.34. The van der Waals surface area contributed by atoms with Gasteiger partial charge in [-0.2, -0.15) is 0 Å². The normalized spacial score (nSPS) is 14.1. The third-order valence-electron chi connectivity index (χ3n) is 3.07. The second kappa shape index (κ2) is 7.07. The van der Waals surface area contributed by atoms with Crippen LogP contribution in [0.2, 0.25) is 0 Å². The van der Waals surface area contributed by atoms with Crippen molar-refractivity contribution in [2.24, 2.45) is 0 Å². The number of hydrogen-bond acceptors (Lipinski definition) is 2. The lowest BCUT2D eigenvalue weighted by atomic mass is 10.1. The summed E-state index contributed by atoms with van der Waals surface area (Å²) in [6.07, 6.45) is 1.44. The molecule has 0 aliphatic rings. The molecule has 2 atom stereocenters. The van der Waals surface area contributed by atoms with Crippen molar-refractivity contribution in [2.75, 3.05) is 7.11 Å². The van der Waals surface area contributed by atoms with Crippen LogP contribution in [0.5, 0.6) is 0 Å². The lowest BCUT2D eigenvalue weighted by Crippen LogP contribution is -2.90. The smallest absolute Gasteiger partial charge is 0.311 e. The Morgan fingerprint density at radius 1 is 1.35 bits per heavy atom. The number of nitrogens with two attached hydrogens (primary N) is 1. The first-order valence-electron chi connectivity index (χ1n) is 6.14. The van der Waals surface area contributed by atoms with Gasteiger partial charge in [0.2, 0.25) is 0 Å². The zero-order chi connectivity index (χ0) is 12.7. The zero-order valence-electron chi connectivity index (χ0n) is 10.8. The van der Waals surface area contributed by atoms with Crippen molar-refractivity contribution in [3.8, 4) is 0 Å². The number of carbonyl (C=O) groups is 1. The standard InChI is InChI=1S/C14H21NO2/c1-4-13(10-14(16)17-3)15-11(2)12-8-6-5-7-9-12/h5-9,11,13,15H,4,10H2,1-3H3/p+1/t11?,13-/m1/s1. The number of esters is 1. The summed E-state index contributed by atoms with van der Waals surface area (Å²) in [5, 5.41) is 2.24. The molecule has 0 bridgehead atoms. The Labute approximate surface area is 103 Å². The van der Waals surface area contributed by atoms with Crippen molar-refractivity contribution in [1.29, 1.82) is 0 Å². The first-order valence-corrected chi connectivity index (χ1v) is 6.14. The maximum absolute atomic E-state index is 11.3. The van der Waals surface area contributed by atoms with Crippen LogP contribution in [0.25, 0.3) is 0 Å². The van der Waals surface area contributed by atoms with E-state index in [4.69, 9.17) is 4.74 Å². The van der Waals surface area contributed by atoms with Crippen LogP contribution in [0.4, 0.5) is 0 Å². The van der Waals surface area contributed by atoms with Crippen molar-refractivity contribution in [3.05, 3.63) is 35.9 Å². The van der Waals surface area contributed by atoms with Crippen molar-refractivity contribution in [2.45, 2.75) is 38.8 Å². The van der Waals surface area contributed by atoms with E-state index in [0.717, 1.165) is 6.42 Å². The van der Waals surface area contributed by atoms with Gasteiger partial charge in [-0.15, -0.1) is 0 Å². The van der Waals surface area contributed by atoms with Crippen LogP contribution in [0, 0.1) is 0 Å². The average molecular weight is 236 g/mol. The summed E-state index contributed by atoms with van der Waals surface area (Å²) < 4.78 is 4.71. The molecule has 0 aromatic heterocycles. The molecule has 1 aromatic rings. The van der Waals surface area contributed by atoms with Gasteiger partial charge in [0.15, 0.2) is 0 Å². The summed E-state index contributed by atoms with van der Waals surface area (Å²) >= 11 is 0. The molecule has 0 aliphatic heterocycles. The van der Waals surface area contributed by atoms with E-state index in [-0.39, 0.29) is 12.0 Å². The first-order chi connectivity index (χ1) is 8.17. The molecule has 0 heterocycles. The Kier molecular flexibility index (Phi) is 5.70. The number of rotatable bonds is 6. The number of benzene rings is 1. The van der Waals surface area contributed by atoms with E-state index in [9.17, 15) is 4.79 Å². The molecule has 0 fully saturated rings. The van der Waals surface area contributed by atoms with Crippen LogP contribution < -0.4 is 5.32 Å². The van der Waals surface area contributed by atoms with Crippen LogP contribution in [0.3, 0.4) is 0 Å². The van der Waals surface area contributed by atoms with Crippen LogP contribution in [0.15, 0.2) is 30.3 Å². The molecule has 94 valence electrons. The van der Waals surface area contributed by atoms with Gasteiger partial charge in [-0.05, 0) is 13.3 Å². The van der Waals surface area contributed by atoms with Crippen LogP contribution in [0.1, 0.15) is 38.3 Å². The highest BCUT2D eigenvalue weighted by Gasteiger charge is 2.19. The van der Waals surface area contributed by atoms with Gasteiger partial charge >= 0.3 is 5.97 Å². The molecule has 0 aliphatic carbocycles. The summed E-state index contributed by atoms with van der Waals surface area (Å²) in [5.74, 6) is -0.131. The molecule has 0 radical (unpaired) electrons. The van der Waals surface area contributed by atoms with Gasteiger partial charge < -0.3 is 10.1 Å². The minimum absolute atomic E-state index is 0.131. The molecule has 1 unspecified atom stereocenters. The summed E-state index contributed by atoms with van der Waals surface area (Å²) in [6.45, 7) is 4.26. The van der Waals surface area contributed by atoms with E-state index in [1.54, 1.807) is 0 Å². The largest absolute Gasteiger partial charge is 0.469 e. The molecule has 0 spiro atoms. The summed E-state index contributed by atoms with van der Waals surface area (Å²) in [6, 6.07) is 11.0. The van der Waals surface area contributed by atoms with Crippen LogP contribution in [-0.4, -0.2) is 19.1 Å².